The van der Waals surface area contributed by atoms with Crippen LogP contribution in [0.5, 0.6) is 5.88 Å². The molecule has 164 valence electrons. The molecular formula is C23H22F2N6O. The Hall–Kier alpha value is -3.88. The molecule has 0 aliphatic rings. The van der Waals surface area contributed by atoms with E-state index in [2.05, 4.69) is 25.5 Å². The highest BCUT2D eigenvalue weighted by Gasteiger charge is 2.16. The molecule has 0 radical (unpaired) electrons. The molecule has 1 atom stereocenters. The van der Waals surface area contributed by atoms with Gasteiger partial charge in [-0.25, -0.2) is 18.7 Å². The predicted octanol–water partition coefficient (Wildman–Crippen LogP) is 4.80. The third-order valence-electron chi connectivity index (χ3n) is 5.05. The minimum absolute atomic E-state index is 0.341. The Morgan fingerprint density at radius 1 is 1.03 bits per heavy atom. The second-order valence-corrected chi connectivity index (χ2v) is 7.44. The molecule has 4 rings (SSSR count). The molecular weight excluding hydrogens is 414 g/mol. The minimum atomic E-state index is -0.615. The first-order valence-corrected chi connectivity index (χ1v) is 9.98. The Morgan fingerprint density at radius 3 is 2.50 bits per heavy atom. The summed E-state index contributed by atoms with van der Waals surface area (Å²) in [6.07, 6.45) is 3.58. The summed E-state index contributed by atoms with van der Waals surface area (Å²) in [5, 5.41) is 11.7. The normalized spacial score (nSPS) is 11.9. The molecule has 0 spiro atoms. The fourth-order valence-electron chi connectivity index (χ4n) is 3.36. The third-order valence-corrected chi connectivity index (χ3v) is 5.05. The molecule has 32 heavy (non-hydrogen) atoms. The number of ether oxygens (including phenoxy) is 1. The molecule has 0 bridgehead atoms. The van der Waals surface area contributed by atoms with Crippen LogP contribution in [0.4, 0.5) is 14.6 Å². The van der Waals surface area contributed by atoms with Crippen molar-refractivity contribution in [3.63, 3.8) is 0 Å². The van der Waals surface area contributed by atoms with E-state index in [-0.39, 0.29) is 0 Å². The summed E-state index contributed by atoms with van der Waals surface area (Å²) >= 11 is 0. The molecule has 0 fully saturated rings. The number of hydrogen-bond donors (Lipinski definition) is 1. The van der Waals surface area contributed by atoms with Crippen molar-refractivity contribution in [3.8, 4) is 23.0 Å². The van der Waals surface area contributed by atoms with Gasteiger partial charge in [-0.2, -0.15) is 0 Å². The maximum atomic E-state index is 14.1. The van der Waals surface area contributed by atoms with Crippen molar-refractivity contribution in [1.29, 1.82) is 0 Å². The summed E-state index contributed by atoms with van der Waals surface area (Å²) in [5.41, 5.74) is 3.96. The van der Waals surface area contributed by atoms with Gasteiger partial charge in [0, 0.05) is 17.8 Å². The largest absolute Gasteiger partial charge is 0.479 e. The van der Waals surface area contributed by atoms with E-state index in [1.54, 1.807) is 20.4 Å². The fraction of sp³-hybridized carbons (Fsp3) is 0.217. The van der Waals surface area contributed by atoms with E-state index in [1.807, 2.05) is 42.8 Å². The van der Waals surface area contributed by atoms with Crippen LogP contribution in [0, 0.1) is 25.5 Å². The quantitative estimate of drug-likeness (QED) is 0.468. The average molecular weight is 436 g/mol. The van der Waals surface area contributed by atoms with Crippen LogP contribution in [0.25, 0.3) is 17.1 Å². The van der Waals surface area contributed by atoms with Gasteiger partial charge in [0.2, 0.25) is 5.88 Å². The van der Waals surface area contributed by atoms with Crippen molar-refractivity contribution in [2.45, 2.75) is 26.8 Å². The number of hydrogen-bond acceptors (Lipinski definition) is 6. The zero-order valence-electron chi connectivity index (χ0n) is 18.1. The first kappa shape index (κ1) is 21.4. The topological polar surface area (TPSA) is 77.8 Å². The van der Waals surface area contributed by atoms with Gasteiger partial charge in [0.05, 0.1) is 30.9 Å². The highest BCUT2D eigenvalue weighted by atomic mass is 19.1. The molecule has 7 nitrogen and oxygen atoms in total. The number of pyridine rings is 1. The number of nitrogens with zero attached hydrogens (tertiary/aromatic N) is 5. The first-order valence-electron chi connectivity index (χ1n) is 9.98. The smallest absolute Gasteiger partial charge is 0.238 e. The van der Waals surface area contributed by atoms with Crippen LogP contribution in [0.15, 0.2) is 48.9 Å². The highest BCUT2D eigenvalue weighted by molar-refractivity contribution is 5.61. The number of imidazole rings is 1. The molecule has 0 saturated heterocycles. The van der Waals surface area contributed by atoms with E-state index < -0.39 is 17.7 Å². The molecule has 0 aliphatic heterocycles. The summed E-state index contributed by atoms with van der Waals surface area (Å²) in [6.45, 7) is 5.55. The molecule has 0 saturated carbocycles. The lowest BCUT2D eigenvalue weighted by molar-refractivity contribution is 0.396. The predicted molar refractivity (Wildman–Crippen MR) is 117 cm³/mol. The van der Waals surface area contributed by atoms with Gasteiger partial charge in [-0.3, -0.25) is 0 Å². The molecule has 0 unspecified atom stereocenters. The zero-order chi connectivity index (χ0) is 22.8. The monoisotopic (exact) mass is 436 g/mol. The van der Waals surface area contributed by atoms with E-state index in [0.717, 1.165) is 23.0 Å². The van der Waals surface area contributed by atoms with Crippen molar-refractivity contribution in [2.24, 2.45) is 0 Å². The maximum absolute atomic E-state index is 14.1. The Bertz CT molecular complexity index is 1270. The summed E-state index contributed by atoms with van der Waals surface area (Å²) in [4.78, 5) is 8.80. The van der Waals surface area contributed by atoms with Crippen molar-refractivity contribution >= 4 is 5.82 Å². The summed E-state index contributed by atoms with van der Waals surface area (Å²) in [6, 6.07) is 8.64. The number of rotatable bonds is 6. The van der Waals surface area contributed by atoms with Crippen LogP contribution < -0.4 is 10.1 Å². The molecule has 0 aliphatic carbocycles. The number of methoxy groups -OCH3 is 1. The standard InChI is InChI=1S/C23H22F2N6O/c1-13-9-20(19-7-8-21(23(28-19)32-4)31-11-14(2)26-12-31)29-30-22(13)27-15(3)17-6-5-16(24)10-18(17)25/h5-12,15H,1-4H3,(H,27,30)/t15-/m0/s1. The van der Waals surface area contributed by atoms with Gasteiger partial charge in [-0.1, -0.05) is 6.07 Å². The molecule has 9 heteroatoms. The maximum Gasteiger partial charge on any atom is 0.238 e. The lowest BCUT2D eigenvalue weighted by Crippen LogP contribution is -2.12. The van der Waals surface area contributed by atoms with Crippen LogP contribution in [0.2, 0.25) is 0 Å². The molecule has 0 amide bonds. The Balaban J connectivity index is 1.59. The lowest BCUT2D eigenvalue weighted by atomic mass is 10.1. The summed E-state index contributed by atoms with van der Waals surface area (Å²) in [7, 11) is 1.55. The van der Waals surface area contributed by atoms with E-state index in [1.165, 1.54) is 12.1 Å². The first-order chi connectivity index (χ1) is 15.4. The van der Waals surface area contributed by atoms with Crippen molar-refractivity contribution in [3.05, 3.63) is 77.4 Å². The average Bonchev–Trinajstić information content (AvgIpc) is 3.20. The van der Waals surface area contributed by atoms with Crippen molar-refractivity contribution < 1.29 is 13.5 Å². The number of aryl methyl sites for hydroxylation is 2. The lowest BCUT2D eigenvalue weighted by Gasteiger charge is -2.17. The summed E-state index contributed by atoms with van der Waals surface area (Å²) < 4.78 is 34.6. The second kappa shape index (κ2) is 8.70. The number of aromatic nitrogens is 5. The molecule has 1 aromatic carbocycles. The minimum Gasteiger partial charge on any atom is -0.479 e. The number of anilines is 1. The van der Waals surface area contributed by atoms with Gasteiger partial charge in [0.15, 0.2) is 5.82 Å². The van der Waals surface area contributed by atoms with Gasteiger partial charge in [-0.15, -0.1) is 10.2 Å². The number of benzene rings is 1. The highest BCUT2D eigenvalue weighted by Crippen LogP contribution is 2.28. The van der Waals surface area contributed by atoms with E-state index in [0.29, 0.717) is 28.6 Å². The Labute approximate surface area is 184 Å². The summed E-state index contributed by atoms with van der Waals surface area (Å²) in [5.74, 6) is -0.294. The number of halogens is 2. The van der Waals surface area contributed by atoms with Gasteiger partial charge < -0.3 is 14.6 Å². The SMILES string of the molecule is COc1nc(-c2cc(C)c(N[C@@H](C)c3ccc(F)cc3F)nn2)ccc1-n1cnc(C)c1. The van der Waals surface area contributed by atoms with Crippen molar-refractivity contribution in [2.75, 3.05) is 12.4 Å². The molecule has 4 aromatic rings. The van der Waals surface area contributed by atoms with Crippen LogP contribution in [-0.2, 0) is 0 Å². The molecule has 3 aromatic heterocycles. The van der Waals surface area contributed by atoms with Crippen LogP contribution in [0.3, 0.4) is 0 Å². The second-order valence-electron chi connectivity index (χ2n) is 7.44. The van der Waals surface area contributed by atoms with Crippen LogP contribution in [-0.4, -0.2) is 31.8 Å². The van der Waals surface area contributed by atoms with Crippen molar-refractivity contribution in [1.82, 2.24) is 24.7 Å². The molecule has 3 heterocycles. The fourth-order valence-corrected chi connectivity index (χ4v) is 3.36. The van der Waals surface area contributed by atoms with E-state index in [9.17, 15) is 8.78 Å². The van der Waals surface area contributed by atoms with Gasteiger partial charge >= 0.3 is 0 Å². The Kier molecular flexibility index (Phi) is 5.81. The zero-order valence-corrected chi connectivity index (χ0v) is 18.1. The van der Waals surface area contributed by atoms with Crippen LogP contribution >= 0.6 is 0 Å². The third kappa shape index (κ3) is 4.27. The number of nitrogens with one attached hydrogen (secondary N) is 1. The van der Waals surface area contributed by atoms with Crippen LogP contribution in [0.1, 0.15) is 29.8 Å². The molecule has 1 N–H and O–H groups in total. The Morgan fingerprint density at radius 2 is 1.84 bits per heavy atom. The van der Waals surface area contributed by atoms with Gasteiger partial charge in [0.1, 0.15) is 23.0 Å². The van der Waals surface area contributed by atoms with Gasteiger partial charge in [-0.05, 0) is 50.6 Å². The van der Waals surface area contributed by atoms with Gasteiger partial charge in [0.25, 0.3) is 0 Å². The van der Waals surface area contributed by atoms with E-state index in [4.69, 9.17) is 4.74 Å². The van der Waals surface area contributed by atoms with E-state index >= 15 is 0 Å².